The number of nitrogens with zero attached hydrogens (tertiary/aromatic N) is 4. The zero-order valence-corrected chi connectivity index (χ0v) is 16.2. The molecule has 0 fully saturated rings. The van der Waals surface area contributed by atoms with Crippen LogP contribution in [0.2, 0.25) is 5.02 Å². The van der Waals surface area contributed by atoms with E-state index in [1.54, 1.807) is 30.3 Å². The van der Waals surface area contributed by atoms with Crippen LogP contribution >= 0.6 is 11.6 Å². The Labute approximate surface area is 176 Å². The maximum Gasteiger partial charge on any atom is 0.341 e. The number of anilines is 1. The smallest absolute Gasteiger partial charge is 0.341 e. The van der Waals surface area contributed by atoms with Crippen molar-refractivity contribution in [2.24, 2.45) is 0 Å². The maximum atomic E-state index is 10.6. The SMILES string of the molecule is N#C/C(=C/c1ccc(OCC(=O)O)c(Cl)c1)c1nn(-c2ccccc2)c(N)c1C#N. The summed E-state index contributed by atoms with van der Waals surface area (Å²) in [5.41, 5.74) is 7.62. The fourth-order valence-corrected chi connectivity index (χ4v) is 2.92. The van der Waals surface area contributed by atoms with Gasteiger partial charge in [-0.15, -0.1) is 0 Å². The Morgan fingerprint density at radius 2 is 2.00 bits per heavy atom. The number of rotatable bonds is 6. The molecule has 0 spiro atoms. The number of hydrogen-bond acceptors (Lipinski definition) is 6. The Morgan fingerprint density at radius 1 is 1.27 bits per heavy atom. The molecule has 148 valence electrons. The molecule has 1 heterocycles. The lowest BCUT2D eigenvalue weighted by atomic mass is 10.1. The fourth-order valence-electron chi connectivity index (χ4n) is 2.68. The Balaban J connectivity index is 2.02. The van der Waals surface area contributed by atoms with Crippen molar-refractivity contribution in [2.45, 2.75) is 0 Å². The van der Waals surface area contributed by atoms with E-state index in [2.05, 4.69) is 5.10 Å². The summed E-state index contributed by atoms with van der Waals surface area (Å²) >= 11 is 6.13. The van der Waals surface area contributed by atoms with Gasteiger partial charge in [-0.05, 0) is 35.9 Å². The molecule has 0 atom stereocenters. The Hall–Kier alpha value is -4.27. The van der Waals surface area contributed by atoms with Crippen LogP contribution in [0.25, 0.3) is 17.3 Å². The highest BCUT2D eigenvalue weighted by Crippen LogP contribution is 2.30. The molecule has 0 aliphatic rings. The first-order chi connectivity index (χ1) is 14.4. The standard InChI is InChI=1S/C21H14ClN5O3/c22-17-9-13(6-7-18(17)30-12-19(28)29)8-14(10-23)20-16(11-24)21(25)27(26-20)15-4-2-1-3-5-15/h1-9H,12,25H2,(H,28,29)/b14-8-. The molecule has 0 saturated heterocycles. The van der Waals surface area contributed by atoms with Gasteiger partial charge in [0, 0.05) is 0 Å². The molecule has 1 aromatic heterocycles. The van der Waals surface area contributed by atoms with E-state index in [0.29, 0.717) is 11.3 Å². The second-order valence-electron chi connectivity index (χ2n) is 6.01. The van der Waals surface area contributed by atoms with E-state index in [9.17, 15) is 15.3 Å². The Bertz CT molecular complexity index is 1220. The summed E-state index contributed by atoms with van der Waals surface area (Å²) in [6, 6.07) is 17.6. The number of hydrogen-bond donors (Lipinski definition) is 2. The molecule has 0 saturated carbocycles. The van der Waals surface area contributed by atoms with Crippen molar-refractivity contribution in [1.29, 1.82) is 10.5 Å². The van der Waals surface area contributed by atoms with Crippen molar-refractivity contribution < 1.29 is 14.6 Å². The fraction of sp³-hybridized carbons (Fsp3) is 0.0476. The van der Waals surface area contributed by atoms with Crippen molar-refractivity contribution in [3.8, 4) is 23.6 Å². The molecular formula is C21H14ClN5O3. The summed E-state index contributed by atoms with van der Waals surface area (Å²) in [6.07, 6.45) is 1.50. The lowest BCUT2D eigenvalue weighted by Gasteiger charge is -2.06. The minimum atomic E-state index is -1.13. The average molecular weight is 420 g/mol. The number of aromatic nitrogens is 2. The molecule has 0 aliphatic carbocycles. The Morgan fingerprint density at radius 3 is 2.60 bits per heavy atom. The van der Waals surface area contributed by atoms with E-state index < -0.39 is 12.6 Å². The predicted molar refractivity (Wildman–Crippen MR) is 111 cm³/mol. The summed E-state index contributed by atoms with van der Waals surface area (Å²) in [5, 5.41) is 32.4. The van der Waals surface area contributed by atoms with Gasteiger partial charge >= 0.3 is 5.97 Å². The van der Waals surface area contributed by atoms with Crippen LogP contribution in [-0.4, -0.2) is 27.5 Å². The number of nitriles is 2. The molecule has 0 unspecified atom stereocenters. The van der Waals surface area contributed by atoms with E-state index in [-0.39, 0.29) is 33.4 Å². The third kappa shape index (κ3) is 4.25. The molecule has 0 bridgehead atoms. The van der Waals surface area contributed by atoms with Crippen LogP contribution in [0.3, 0.4) is 0 Å². The zero-order valence-electron chi connectivity index (χ0n) is 15.4. The topological polar surface area (TPSA) is 138 Å². The van der Waals surface area contributed by atoms with Crippen LogP contribution in [0.4, 0.5) is 5.82 Å². The molecular weight excluding hydrogens is 406 g/mol. The summed E-state index contributed by atoms with van der Waals surface area (Å²) in [6.45, 7) is -0.528. The van der Waals surface area contributed by atoms with Crippen molar-refractivity contribution in [3.05, 3.63) is 70.4 Å². The molecule has 2 aromatic carbocycles. The summed E-state index contributed by atoms with van der Waals surface area (Å²) in [4.78, 5) is 10.6. The van der Waals surface area contributed by atoms with E-state index in [0.717, 1.165) is 0 Å². The van der Waals surface area contributed by atoms with Crippen LogP contribution in [0.5, 0.6) is 5.75 Å². The minimum absolute atomic E-state index is 0.0826. The molecule has 8 nitrogen and oxygen atoms in total. The first-order valence-corrected chi connectivity index (χ1v) is 8.92. The number of ether oxygens (including phenoxy) is 1. The maximum absolute atomic E-state index is 10.6. The number of allylic oxidation sites excluding steroid dienone is 1. The van der Waals surface area contributed by atoms with Crippen LogP contribution in [0, 0.1) is 22.7 Å². The molecule has 9 heteroatoms. The third-order valence-electron chi connectivity index (χ3n) is 4.03. The number of para-hydroxylation sites is 1. The van der Waals surface area contributed by atoms with Crippen molar-refractivity contribution in [1.82, 2.24) is 9.78 Å². The third-order valence-corrected chi connectivity index (χ3v) is 4.32. The van der Waals surface area contributed by atoms with Gasteiger partial charge in [0.15, 0.2) is 6.61 Å². The molecule has 3 rings (SSSR count). The number of nitrogens with two attached hydrogens (primary N) is 1. The second kappa shape index (κ2) is 8.82. The number of carboxylic acid groups (broad SMARTS) is 1. The van der Waals surface area contributed by atoms with Gasteiger partial charge in [0.25, 0.3) is 0 Å². The normalized spacial score (nSPS) is 10.8. The quantitative estimate of drug-likeness (QED) is 0.583. The molecule has 0 radical (unpaired) electrons. The van der Waals surface area contributed by atoms with E-state index in [1.807, 2.05) is 18.2 Å². The second-order valence-corrected chi connectivity index (χ2v) is 6.42. The number of nitrogen functional groups attached to an aromatic ring is 1. The highest BCUT2D eigenvalue weighted by molar-refractivity contribution is 6.32. The largest absolute Gasteiger partial charge is 0.480 e. The van der Waals surface area contributed by atoms with Crippen LogP contribution in [0.15, 0.2) is 48.5 Å². The van der Waals surface area contributed by atoms with Crippen LogP contribution in [-0.2, 0) is 4.79 Å². The van der Waals surface area contributed by atoms with Gasteiger partial charge in [0.2, 0.25) is 0 Å². The number of halogens is 1. The minimum Gasteiger partial charge on any atom is -0.480 e. The van der Waals surface area contributed by atoms with Crippen LogP contribution in [0.1, 0.15) is 16.8 Å². The number of benzene rings is 2. The first-order valence-electron chi connectivity index (χ1n) is 8.55. The molecule has 3 N–H and O–H groups in total. The summed E-state index contributed by atoms with van der Waals surface area (Å²) in [5.74, 6) is -0.808. The van der Waals surface area contributed by atoms with Crippen molar-refractivity contribution in [2.75, 3.05) is 12.3 Å². The van der Waals surface area contributed by atoms with Gasteiger partial charge < -0.3 is 15.6 Å². The van der Waals surface area contributed by atoms with E-state index >= 15 is 0 Å². The van der Waals surface area contributed by atoms with Gasteiger partial charge in [-0.3, -0.25) is 0 Å². The number of carbonyl (C=O) groups is 1. The lowest BCUT2D eigenvalue weighted by Crippen LogP contribution is -2.09. The van der Waals surface area contributed by atoms with Gasteiger partial charge in [0.05, 0.1) is 16.3 Å². The number of aliphatic carboxylic acids is 1. The predicted octanol–water partition coefficient (Wildman–Crippen LogP) is 3.51. The van der Waals surface area contributed by atoms with Gasteiger partial charge in [-0.1, -0.05) is 35.9 Å². The van der Waals surface area contributed by atoms with E-state index in [1.165, 1.54) is 22.9 Å². The summed E-state index contributed by atoms with van der Waals surface area (Å²) < 4.78 is 6.48. The molecule has 30 heavy (non-hydrogen) atoms. The van der Waals surface area contributed by atoms with Gasteiger partial charge in [0.1, 0.15) is 35.0 Å². The lowest BCUT2D eigenvalue weighted by molar-refractivity contribution is -0.139. The number of carboxylic acids is 1. The van der Waals surface area contributed by atoms with Crippen molar-refractivity contribution >= 4 is 35.0 Å². The van der Waals surface area contributed by atoms with Gasteiger partial charge in [-0.25, -0.2) is 9.48 Å². The zero-order chi connectivity index (χ0) is 21.7. The Kier molecular flexibility index (Phi) is 6.02. The summed E-state index contributed by atoms with van der Waals surface area (Å²) in [7, 11) is 0. The highest BCUT2D eigenvalue weighted by Gasteiger charge is 2.20. The monoisotopic (exact) mass is 419 g/mol. The molecule has 0 amide bonds. The van der Waals surface area contributed by atoms with Crippen LogP contribution < -0.4 is 10.5 Å². The first kappa shape index (κ1) is 20.5. The highest BCUT2D eigenvalue weighted by atomic mass is 35.5. The average Bonchev–Trinajstić information content (AvgIpc) is 3.08. The van der Waals surface area contributed by atoms with E-state index in [4.69, 9.17) is 27.2 Å². The molecule has 0 aliphatic heterocycles. The van der Waals surface area contributed by atoms with Gasteiger partial charge in [-0.2, -0.15) is 15.6 Å². The molecule has 3 aromatic rings. The van der Waals surface area contributed by atoms with Crippen molar-refractivity contribution in [3.63, 3.8) is 0 Å².